The Morgan fingerprint density at radius 2 is 1.33 bits per heavy atom. The summed E-state index contributed by atoms with van der Waals surface area (Å²) in [5, 5.41) is 0. The zero-order valence-corrected chi connectivity index (χ0v) is 31.8. The molecule has 0 fully saturated rings. The third-order valence-corrected chi connectivity index (χ3v) is 14.1. The van der Waals surface area contributed by atoms with Crippen LogP contribution in [-0.4, -0.2) is 3.21 Å². The summed E-state index contributed by atoms with van der Waals surface area (Å²) in [4.78, 5) is 0. The fourth-order valence-corrected chi connectivity index (χ4v) is 12.2. The summed E-state index contributed by atoms with van der Waals surface area (Å²) in [5.74, 6) is 0. The van der Waals surface area contributed by atoms with Crippen LogP contribution in [0.5, 0.6) is 0 Å². The van der Waals surface area contributed by atoms with Gasteiger partial charge in [-0.2, -0.15) is 0 Å². The molecule has 0 aliphatic heterocycles. The molecule has 235 valence electrons. The number of rotatable bonds is 8. The number of fused-ring (bicyclic) bond motifs is 3. The van der Waals surface area contributed by atoms with Crippen LogP contribution in [0.4, 0.5) is 0 Å². The molecule has 0 radical (unpaired) electrons. The Bertz CT molecular complexity index is 1780. The van der Waals surface area contributed by atoms with Crippen LogP contribution < -0.4 is 0 Å². The van der Waals surface area contributed by atoms with E-state index in [9.17, 15) is 0 Å². The first kappa shape index (κ1) is 33.0. The predicted octanol–water partition coefficient (Wildman–Crippen LogP) is 12.0. The maximum absolute atomic E-state index is 2.63. The molecule has 1 unspecified atom stereocenters. The van der Waals surface area contributed by atoms with E-state index in [0.29, 0.717) is 3.63 Å². The van der Waals surface area contributed by atoms with Gasteiger partial charge in [-0.25, -0.2) is 0 Å². The van der Waals surface area contributed by atoms with E-state index in [2.05, 4.69) is 152 Å². The van der Waals surface area contributed by atoms with Gasteiger partial charge in [0, 0.05) is 0 Å². The molecular formula is C45H51Zr. The topological polar surface area (TPSA) is 0 Å². The molecule has 0 nitrogen and oxygen atoms in total. The van der Waals surface area contributed by atoms with Crippen molar-refractivity contribution in [1.29, 1.82) is 0 Å². The van der Waals surface area contributed by atoms with E-state index in [0.717, 1.165) is 19.3 Å². The summed E-state index contributed by atoms with van der Waals surface area (Å²) in [5.41, 5.74) is 18.8. The van der Waals surface area contributed by atoms with E-state index in [-0.39, 0.29) is 10.8 Å². The minimum atomic E-state index is -1.28. The SMILES string of the molecule is CCCc1c(CCC)c(C(C)(C)C)c(C2=CC=CC2)c2c1-c1ccc(C(C)(C)C)cc1[CH]2[Zr]=[C](c1ccccc1)c1ccccc1. The summed E-state index contributed by atoms with van der Waals surface area (Å²) in [6.07, 6.45) is 12.8. The van der Waals surface area contributed by atoms with Gasteiger partial charge < -0.3 is 0 Å². The van der Waals surface area contributed by atoms with Crippen LogP contribution in [0.15, 0.2) is 97.1 Å². The molecule has 0 N–H and O–H groups in total. The number of benzene rings is 4. The van der Waals surface area contributed by atoms with Gasteiger partial charge in [0.15, 0.2) is 0 Å². The second-order valence-electron chi connectivity index (χ2n) is 15.3. The van der Waals surface area contributed by atoms with Crippen LogP contribution in [0.25, 0.3) is 16.7 Å². The first-order chi connectivity index (χ1) is 22.0. The average Bonchev–Trinajstić information content (AvgIpc) is 3.67. The molecule has 4 aromatic carbocycles. The van der Waals surface area contributed by atoms with Gasteiger partial charge >= 0.3 is 292 Å². The summed E-state index contributed by atoms with van der Waals surface area (Å²) < 4.78 is 2.04. The van der Waals surface area contributed by atoms with Crippen LogP contribution in [0.1, 0.15) is 128 Å². The number of hydrogen-bond donors (Lipinski definition) is 0. The van der Waals surface area contributed by atoms with E-state index in [4.69, 9.17) is 0 Å². The monoisotopic (exact) mass is 681 g/mol. The van der Waals surface area contributed by atoms with Crippen molar-refractivity contribution in [3.8, 4) is 11.1 Å². The minimum absolute atomic E-state index is 0.0487. The molecule has 1 heteroatoms. The Balaban J connectivity index is 1.80. The van der Waals surface area contributed by atoms with E-state index < -0.39 is 22.8 Å². The van der Waals surface area contributed by atoms with E-state index in [1.807, 2.05) is 0 Å². The van der Waals surface area contributed by atoms with Crippen molar-refractivity contribution in [1.82, 2.24) is 0 Å². The Hall–Kier alpha value is -2.89. The first-order valence-corrected chi connectivity index (χ1v) is 20.2. The Labute approximate surface area is 290 Å². The standard InChI is InChI=1S/C32H41.C13H10.Zr/c1-9-13-25-26(14-10-2)30(32(6,7)8)28(21-15-11-12-16-21)27-20-22-19-23(31(3,4)5)17-18-24(22)29(25)27;1-3-7-12(8-4-1)11-13-9-5-2-6-10-13;/h11-12,15,17-20H,9-10,13-14,16H2,1-8H3;1-10H;. The van der Waals surface area contributed by atoms with Crippen molar-refractivity contribution in [2.75, 3.05) is 0 Å². The molecule has 2 aliphatic rings. The van der Waals surface area contributed by atoms with Crippen molar-refractivity contribution in [2.24, 2.45) is 0 Å². The van der Waals surface area contributed by atoms with Gasteiger partial charge in [0.2, 0.25) is 0 Å². The zero-order valence-electron chi connectivity index (χ0n) is 29.4. The molecule has 0 heterocycles. The number of allylic oxidation sites excluding steroid dienone is 4. The summed E-state index contributed by atoms with van der Waals surface area (Å²) in [7, 11) is 0. The molecule has 6 rings (SSSR count). The van der Waals surface area contributed by atoms with Gasteiger partial charge in [0.1, 0.15) is 0 Å². The Morgan fingerprint density at radius 1 is 0.717 bits per heavy atom. The van der Waals surface area contributed by atoms with Crippen LogP contribution in [0.2, 0.25) is 0 Å². The number of hydrogen-bond acceptors (Lipinski definition) is 0. The molecule has 0 spiro atoms. The zero-order chi connectivity index (χ0) is 32.6. The van der Waals surface area contributed by atoms with Crippen LogP contribution in [-0.2, 0) is 46.4 Å². The van der Waals surface area contributed by atoms with Crippen molar-refractivity contribution >= 4 is 8.78 Å². The van der Waals surface area contributed by atoms with Gasteiger partial charge in [-0.15, -0.1) is 0 Å². The van der Waals surface area contributed by atoms with Gasteiger partial charge in [0.25, 0.3) is 0 Å². The molecule has 2 aliphatic carbocycles. The first-order valence-electron chi connectivity index (χ1n) is 17.5. The van der Waals surface area contributed by atoms with Crippen molar-refractivity contribution in [2.45, 2.75) is 102 Å². The third kappa shape index (κ3) is 6.22. The molecule has 0 saturated heterocycles. The summed E-state index contributed by atoms with van der Waals surface area (Å²) >= 11 is -1.28. The van der Waals surface area contributed by atoms with Crippen LogP contribution in [0.3, 0.4) is 0 Å². The maximum atomic E-state index is 2.63. The summed E-state index contributed by atoms with van der Waals surface area (Å²) in [6.45, 7) is 19.3. The van der Waals surface area contributed by atoms with Gasteiger partial charge in [0.05, 0.1) is 0 Å². The molecule has 0 amide bonds. The van der Waals surface area contributed by atoms with Crippen LogP contribution in [0, 0.1) is 0 Å². The fraction of sp³-hybridized carbons (Fsp3) is 0.356. The van der Waals surface area contributed by atoms with Gasteiger partial charge in [-0.1, -0.05) is 0 Å². The van der Waals surface area contributed by atoms with E-state index in [1.54, 1.807) is 42.2 Å². The fourth-order valence-electron chi connectivity index (χ4n) is 7.81. The molecule has 0 saturated carbocycles. The Morgan fingerprint density at radius 3 is 1.85 bits per heavy atom. The van der Waals surface area contributed by atoms with E-state index in [1.165, 1.54) is 40.7 Å². The van der Waals surface area contributed by atoms with Crippen molar-refractivity contribution < 1.29 is 22.8 Å². The average molecular weight is 683 g/mol. The van der Waals surface area contributed by atoms with Crippen molar-refractivity contribution in [3.63, 3.8) is 0 Å². The predicted molar refractivity (Wildman–Crippen MR) is 197 cm³/mol. The molecule has 4 aromatic rings. The normalized spacial score (nSPS) is 15.4. The van der Waals surface area contributed by atoms with Gasteiger partial charge in [-0.05, 0) is 0 Å². The summed E-state index contributed by atoms with van der Waals surface area (Å²) in [6, 6.07) is 30.2. The van der Waals surface area contributed by atoms with Crippen molar-refractivity contribution in [3.05, 3.63) is 147 Å². The quantitative estimate of drug-likeness (QED) is 0.173. The second-order valence-corrected chi connectivity index (χ2v) is 18.7. The third-order valence-electron chi connectivity index (χ3n) is 9.80. The van der Waals surface area contributed by atoms with E-state index >= 15 is 0 Å². The molecule has 0 bridgehead atoms. The molecule has 0 aromatic heterocycles. The second kappa shape index (κ2) is 13.3. The molecule has 46 heavy (non-hydrogen) atoms. The van der Waals surface area contributed by atoms with Crippen LogP contribution >= 0.6 is 0 Å². The molecule has 1 atom stereocenters. The Kier molecular flexibility index (Phi) is 9.56. The van der Waals surface area contributed by atoms with Gasteiger partial charge in [-0.3, -0.25) is 0 Å². The molecular weight excluding hydrogens is 632 g/mol.